The van der Waals surface area contributed by atoms with E-state index in [1.165, 1.54) is 13.0 Å². The van der Waals surface area contributed by atoms with Gasteiger partial charge in [-0.3, -0.25) is 9.59 Å². The Morgan fingerprint density at radius 1 is 1.20 bits per heavy atom. The number of fused-ring (bicyclic) bond motifs is 1. The van der Waals surface area contributed by atoms with E-state index >= 15 is 0 Å². The predicted octanol–water partition coefficient (Wildman–Crippen LogP) is 2.54. The summed E-state index contributed by atoms with van der Waals surface area (Å²) in [5.74, 6) is -5.40. The first-order valence-electron chi connectivity index (χ1n) is 7.57. The number of amides is 1. The summed E-state index contributed by atoms with van der Waals surface area (Å²) in [4.78, 5) is 35.6. The van der Waals surface area contributed by atoms with E-state index in [4.69, 9.17) is 5.11 Å². The number of Topliss-reactive ketones (excluding diaryl/α,β-unsaturated/α-hetero) is 1. The van der Waals surface area contributed by atoms with Crippen LogP contribution in [-0.4, -0.2) is 27.3 Å². The summed E-state index contributed by atoms with van der Waals surface area (Å²) in [6.45, 7) is 1.98. The predicted molar refractivity (Wildman–Crippen MR) is 83.8 cm³/mol. The molecule has 0 aliphatic carbocycles. The first-order chi connectivity index (χ1) is 11.8. The SMILES string of the molecule is Cc1c(C(=O)C(=O)O)c2n(c1C(=O)Nc1ccc(F)c(F)c1)CCC2. The Morgan fingerprint density at radius 3 is 2.56 bits per heavy atom. The molecule has 1 amide bonds. The van der Waals surface area contributed by atoms with Gasteiger partial charge in [-0.2, -0.15) is 0 Å². The Bertz CT molecular complexity index is 918. The zero-order valence-electron chi connectivity index (χ0n) is 13.2. The number of nitrogens with one attached hydrogen (secondary N) is 1. The Morgan fingerprint density at radius 2 is 1.92 bits per heavy atom. The number of hydrogen-bond donors (Lipinski definition) is 2. The molecule has 1 aliphatic heterocycles. The molecule has 0 atom stereocenters. The van der Waals surface area contributed by atoms with Gasteiger partial charge in [-0.25, -0.2) is 13.6 Å². The zero-order chi connectivity index (χ0) is 18.3. The average molecular weight is 348 g/mol. The summed E-state index contributed by atoms with van der Waals surface area (Å²) < 4.78 is 27.9. The van der Waals surface area contributed by atoms with Gasteiger partial charge in [-0.05, 0) is 37.5 Å². The van der Waals surface area contributed by atoms with Crippen LogP contribution in [0.2, 0.25) is 0 Å². The molecule has 0 unspecified atom stereocenters. The number of benzene rings is 1. The molecular weight excluding hydrogens is 334 g/mol. The second kappa shape index (κ2) is 6.12. The van der Waals surface area contributed by atoms with Gasteiger partial charge in [0.1, 0.15) is 5.69 Å². The van der Waals surface area contributed by atoms with Crippen molar-refractivity contribution in [3.05, 3.63) is 52.3 Å². The standard InChI is InChI=1S/C17H14F2N2O4/c1-8-13(15(22)17(24)25)12-3-2-6-21(12)14(8)16(23)20-9-4-5-10(18)11(19)7-9/h4-5,7H,2-3,6H2,1H3,(H,20,23)(H,24,25). The monoisotopic (exact) mass is 348 g/mol. The Hall–Kier alpha value is -3.03. The number of nitrogens with zero attached hydrogens (tertiary/aromatic N) is 1. The van der Waals surface area contributed by atoms with E-state index in [2.05, 4.69) is 5.32 Å². The molecule has 2 heterocycles. The second-order valence-electron chi connectivity index (χ2n) is 5.77. The largest absolute Gasteiger partial charge is 0.475 e. The number of carboxylic acids is 1. The molecule has 25 heavy (non-hydrogen) atoms. The van der Waals surface area contributed by atoms with Gasteiger partial charge in [-0.1, -0.05) is 0 Å². The highest BCUT2D eigenvalue weighted by molar-refractivity contribution is 6.40. The molecule has 130 valence electrons. The zero-order valence-corrected chi connectivity index (χ0v) is 13.2. The van der Waals surface area contributed by atoms with Gasteiger partial charge in [0, 0.05) is 24.0 Å². The third-order valence-electron chi connectivity index (χ3n) is 4.22. The smallest absolute Gasteiger partial charge is 0.377 e. The van der Waals surface area contributed by atoms with Gasteiger partial charge in [0.25, 0.3) is 11.7 Å². The molecule has 0 radical (unpaired) electrons. The van der Waals surface area contributed by atoms with E-state index in [9.17, 15) is 23.2 Å². The summed E-state index contributed by atoms with van der Waals surface area (Å²) >= 11 is 0. The number of ketones is 1. The van der Waals surface area contributed by atoms with Crippen molar-refractivity contribution >= 4 is 23.3 Å². The van der Waals surface area contributed by atoms with Crippen LogP contribution in [-0.2, 0) is 17.8 Å². The van der Waals surface area contributed by atoms with Gasteiger partial charge in [0.2, 0.25) is 0 Å². The van der Waals surface area contributed by atoms with Crippen molar-refractivity contribution in [3.63, 3.8) is 0 Å². The number of carboxylic acid groups (broad SMARTS) is 1. The first kappa shape index (κ1) is 16.8. The lowest BCUT2D eigenvalue weighted by Gasteiger charge is -2.09. The highest BCUT2D eigenvalue weighted by atomic mass is 19.2. The quantitative estimate of drug-likeness (QED) is 0.656. The molecule has 0 fully saturated rings. The van der Waals surface area contributed by atoms with E-state index in [0.29, 0.717) is 25.1 Å². The summed E-state index contributed by atoms with van der Waals surface area (Å²) in [5.41, 5.74) is 1.02. The van der Waals surface area contributed by atoms with Crippen LogP contribution in [0.1, 0.15) is 38.5 Å². The van der Waals surface area contributed by atoms with Crippen LogP contribution < -0.4 is 5.32 Å². The van der Waals surface area contributed by atoms with Crippen LogP contribution in [0.25, 0.3) is 0 Å². The molecule has 1 aromatic heterocycles. The minimum Gasteiger partial charge on any atom is -0.475 e. The van der Waals surface area contributed by atoms with Crippen molar-refractivity contribution in [1.82, 2.24) is 4.57 Å². The Kier molecular flexibility index (Phi) is 4.12. The number of halogens is 2. The van der Waals surface area contributed by atoms with Crippen molar-refractivity contribution in [3.8, 4) is 0 Å². The first-order valence-corrected chi connectivity index (χ1v) is 7.57. The fourth-order valence-corrected chi connectivity index (χ4v) is 3.18. The van der Waals surface area contributed by atoms with E-state index in [1.807, 2.05) is 0 Å². The number of carbonyl (C=O) groups is 3. The minimum atomic E-state index is -1.59. The molecule has 1 aliphatic rings. The van der Waals surface area contributed by atoms with Crippen LogP contribution in [0.15, 0.2) is 18.2 Å². The number of anilines is 1. The van der Waals surface area contributed by atoms with E-state index < -0.39 is 29.3 Å². The third kappa shape index (κ3) is 2.79. The normalized spacial score (nSPS) is 12.8. The highest BCUT2D eigenvalue weighted by Crippen LogP contribution is 2.30. The van der Waals surface area contributed by atoms with Gasteiger partial charge >= 0.3 is 5.97 Å². The molecular formula is C17H14F2N2O4. The van der Waals surface area contributed by atoms with Crippen LogP contribution >= 0.6 is 0 Å². The summed E-state index contributed by atoms with van der Waals surface area (Å²) in [7, 11) is 0. The van der Waals surface area contributed by atoms with Crippen LogP contribution in [0.5, 0.6) is 0 Å². The number of aromatic nitrogens is 1. The van der Waals surface area contributed by atoms with Crippen LogP contribution in [0, 0.1) is 18.6 Å². The number of rotatable bonds is 4. The number of carbonyl (C=O) groups excluding carboxylic acids is 2. The fraction of sp³-hybridized carbons (Fsp3) is 0.235. The van der Waals surface area contributed by atoms with Crippen molar-refractivity contribution in [1.29, 1.82) is 0 Å². The molecule has 8 heteroatoms. The number of aliphatic carboxylic acids is 1. The minimum absolute atomic E-state index is 0.0282. The topological polar surface area (TPSA) is 88.4 Å². The van der Waals surface area contributed by atoms with Crippen LogP contribution in [0.3, 0.4) is 0 Å². The van der Waals surface area contributed by atoms with E-state index in [-0.39, 0.29) is 22.5 Å². The molecule has 0 saturated carbocycles. The molecule has 0 saturated heterocycles. The van der Waals surface area contributed by atoms with Crippen molar-refractivity contribution in [2.24, 2.45) is 0 Å². The average Bonchev–Trinajstić information content (AvgIpc) is 3.09. The lowest BCUT2D eigenvalue weighted by atomic mass is 10.0. The van der Waals surface area contributed by atoms with Gasteiger partial charge in [0.15, 0.2) is 11.6 Å². The lowest BCUT2D eigenvalue weighted by molar-refractivity contribution is -0.131. The summed E-state index contributed by atoms with van der Waals surface area (Å²) in [5, 5.41) is 11.4. The Labute approximate surface area is 141 Å². The molecule has 2 N–H and O–H groups in total. The van der Waals surface area contributed by atoms with Crippen molar-refractivity contribution < 1.29 is 28.3 Å². The molecule has 3 rings (SSSR count). The number of hydrogen-bond acceptors (Lipinski definition) is 3. The Balaban J connectivity index is 2.01. The highest BCUT2D eigenvalue weighted by Gasteiger charge is 2.32. The molecule has 1 aromatic carbocycles. The van der Waals surface area contributed by atoms with E-state index in [1.54, 1.807) is 4.57 Å². The lowest BCUT2D eigenvalue weighted by Crippen LogP contribution is -2.18. The third-order valence-corrected chi connectivity index (χ3v) is 4.22. The molecule has 2 aromatic rings. The summed E-state index contributed by atoms with van der Waals surface area (Å²) in [6, 6.07) is 2.95. The van der Waals surface area contributed by atoms with Crippen molar-refractivity contribution in [2.75, 3.05) is 5.32 Å². The second-order valence-corrected chi connectivity index (χ2v) is 5.77. The fourth-order valence-electron chi connectivity index (χ4n) is 3.18. The molecule has 0 bridgehead atoms. The van der Waals surface area contributed by atoms with Gasteiger partial charge in [0.05, 0.1) is 5.56 Å². The van der Waals surface area contributed by atoms with E-state index in [0.717, 1.165) is 12.1 Å². The maximum Gasteiger partial charge on any atom is 0.377 e. The molecule has 0 spiro atoms. The van der Waals surface area contributed by atoms with Crippen molar-refractivity contribution in [2.45, 2.75) is 26.3 Å². The van der Waals surface area contributed by atoms with Gasteiger partial charge in [-0.15, -0.1) is 0 Å². The molecule has 6 nitrogen and oxygen atoms in total. The van der Waals surface area contributed by atoms with Gasteiger partial charge < -0.3 is 15.0 Å². The summed E-state index contributed by atoms with van der Waals surface area (Å²) in [6.07, 6.45) is 1.18. The van der Waals surface area contributed by atoms with Crippen LogP contribution in [0.4, 0.5) is 14.5 Å². The maximum atomic E-state index is 13.3. The maximum absolute atomic E-state index is 13.3.